The van der Waals surface area contributed by atoms with Gasteiger partial charge in [0.2, 0.25) is 10.0 Å². The number of sulfonamides is 1. The van der Waals surface area contributed by atoms with Gasteiger partial charge in [-0.2, -0.15) is 4.31 Å². The average Bonchev–Trinajstić information content (AvgIpc) is 3.24. The van der Waals surface area contributed by atoms with Crippen molar-refractivity contribution in [3.63, 3.8) is 0 Å². The van der Waals surface area contributed by atoms with Crippen LogP contribution in [0.25, 0.3) is 0 Å². The maximum Gasteiger partial charge on any atom is 0.251 e. The van der Waals surface area contributed by atoms with Crippen molar-refractivity contribution in [1.29, 1.82) is 0 Å². The fourth-order valence-electron chi connectivity index (χ4n) is 3.31. The minimum atomic E-state index is -3.44. The molecule has 1 heterocycles. The van der Waals surface area contributed by atoms with E-state index < -0.39 is 10.0 Å². The predicted octanol–water partition coefficient (Wildman–Crippen LogP) is 3.39. The van der Waals surface area contributed by atoms with Gasteiger partial charge in [0.25, 0.3) is 5.91 Å². The van der Waals surface area contributed by atoms with Crippen LogP contribution in [-0.2, 0) is 10.0 Å². The number of hydrogen-bond donors (Lipinski definition) is 1. The van der Waals surface area contributed by atoms with Crippen LogP contribution in [0.15, 0.2) is 59.5 Å². The zero-order valence-corrected chi connectivity index (χ0v) is 16.4. The van der Waals surface area contributed by atoms with E-state index in [1.54, 1.807) is 12.1 Å². The SMILES string of the molecule is CC(CCNC(=O)c1ccc(S(=O)(=O)N2CCCC2)cc1)c1ccccc1. The molecular formula is C21H26N2O3S. The Kier molecular flexibility index (Phi) is 6.29. The highest BCUT2D eigenvalue weighted by molar-refractivity contribution is 7.89. The molecule has 0 saturated carbocycles. The molecule has 3 rings (SSSR count). The van der Waals surface area contributed by atoms with Crippen molar-refractivity contribution >= 4 is 15.9 Å². The Hall–Kier alpha value is -2.18. The quantitative estimate of drug-likeness (QED) is 0.793. The normalized spacial score (nSPS) is 16.2. The van der Waals surface area contributed by atoms with Crippen LogP contribution in [0.5, 0.6) is 0 Å². The predicted molar refractivity (Wildman–Crippen MR) is 106 cm³/mol. The standard InChI is InChI=1S/C21H26N2O3S/c1-17(18-7-3-2-4-8-18)13-14-22-21(24)19-9-11-20(12-10-19)27(25,26)23-15-5-6-16-23/h2-4,7-12,17H,5-6,13-16H2,1H3,(H,22,24). The van der Waals surface area contributed by atoms with E-state index in [1.165, 1.54) is 22.0 Å². The number of carbonyl (C=O) groups is 1. The Morgan fingerprint density at radius 2 is 1.67 bits per heavy atom. The molecule has 1 saturated heterocycles. The van der Waals surface area contributed by atoms with Crippen LogP contribution in [-0.4, -0.2) is 38.3 Å². The molecular weight excluding hydrogens is 360 g/mol. The summed E-state index contributed by atoms with van der Waals surface area (Å²) in [6, 6.07) is 16.4. The number of amides is 1. The molecule has 1 amide bonds. The number of rotatable bonds is 7. The molecule has 1 atom stereocenters. The molecule has 0 spiro atoms. The van der Waals surface area contributed by atoms with Crippen LogP contribution in [0.1, 0.15) is 48.0 Å². The Balaban J connectivity index is 1.54. The maximum atomic E-state index is 12.5. The lowest BCUT2D eigenvalue weighted by Gasteiger charge is -2.15. The lowest BCUT2D eigenvalue weighted by molar-refractivity contribution is 0.0952. The highest BCUT2D eigenvalue weighted by Gasteiger charge is 2.27. The van der Waals surface area contributed by atoms with Crippen LogP contribution < -0.4 is 5.32 Å². The zero-order chi connectivity index (χ0) is 19.3. The molecule has 1 aliphatic heterocycles. The van der Waals surface area contributed by atoms with Gasteiger partial charge in [0, 0.05) is 25.2 Å². The van der Waals surface area contributed by atoms with Crippen LogP contribution in [0, 0.1) is 0 Å². The van der Waals surface area contributed by atoms with Crippen molar-refractivity contribution in [1.82, 2.24) is 9.62 Å². The number of benzene rings is 2. The summed E-state index contributed by atoms with van der Waals surface area (Å²) >= 11 is 0. The van der Waals surface area contributed by atoms with Gasteiger partial charge in [0.05, 0.1) is 4.90 Å². The number of nitrogens with zero attached hydrogens (tertiary/aromatic N) is 1. The van der Waals surface area contributed by atoms with Crippen molar-refractivity contribution in [3.8, 4) is 0 Å². The molecule has 0 radical (unpaired) electrons. The third-order valence-corrected chi connectivity index (χ3v) is 6.96. The van der Waals surface area contributed by atoms with E-state index in [0.717, 1.165) is 19.3 Å². The van der Waals surface area contributed by atoms with Gasteiger partial charge < -0.3 is 5.32 Å². The van der Waals surface area contributed by atoms with Crippen LogP contribution in [0.2, 0.25) is 0 Å². The van der Waals surface area contributed by atoms with Gasteiger partial charge in [0.1, 0.15) is 0 Å². The second kappa shape index (κ2) is 8.67. The molecule has 27 heavy (non-hydrogen) atoms. The Morgan fingerprint density at radius 3 is 2.30 bits per heavy atom. The molecule has 2 aromatic rings. The van der Waals surface area contributed by atoms with E-state index in [9.17, 15) is 13.2 Å². The first-order valence-corrected chi connectivity index (χ1v) is 10.9. The number of nitrogens with one attached hydrogen (secondary N) is 1. The van der Waals surface area contributed by atoms with E-state index in [4.69, 9.17) is 0 Å². The molecule has 1 unspecified atom stereocenters. The van der Waals surface area contributed by atoms with Crippen LogP contribution >= 0.6 is 0 Å². The zero-order valence-electron chi connectivity index (χ0n) is 15.6. The summed E-state index contributed by atoms with van der Waals surface area (Å²) in [6.45, 7) is 3.86. The van der Waals surface area contributed by atoms with Crippen molar-refractivity contribution in [2.45, 2.75) is 37.0 Å². The second-order valence-corrected chi connectivity index (χ2v) is 8.93. The molecule has 1 N–H and O–H groups in total. The van der Waals surface area contributed by atoms with Crippen LogP contribution in [0.3, 0.4) is 0 Å². The molecule has 144 valence electrons. The third kappa shape index (κ3) is 4.76. The first kappa shape index (κ1) is 19.6. The first-order chi connectivity index (χ1) is 13.0. The molecule has 2 aromatic carbocycles. The van der Waals surface area contributed by atoms with Crippen molar-refractivity contribution in [2.24, 2.45) is 0 Å². The lowest BCUT2D eigenvalue weighted by atomic mass is 9.98. The highest BCUT2D eigenvalue weighted by Crippen LogP contribution is 2.21. The Labute approximate surface area is 161 Å². The number of hydrogen-bond acceptors (Lipinski definition) is 3. The molecule has 0 aromatic heterocycles. The third-order valence-electron chi connectivity index (χ3n) is 5.05. The molecule has 5 nitrogen and oxygen atoms in total. The summed E-state index contributed by atoms with van der Waals surface area (Å²) in [5.74, 6) is 0.180. The lowest BCUT2D eigenvalue weighted by Crippen LogP contribution is -2.28. The van der Waals surface area contributed by atoms with Crippen molar-refractivity contribution in [2.75, 3.05) is 19.6 Å². The van der Waals surface area contributed by atoms with E-state index in [2.05, 4.69) is 24.4 Å². The average molecular weight is 387 g/mol. The van der Waals surface area contributed by atoms with Crippen molar-refractivity contribution in [3.05, 3.63) is 65.7 Å². The van der Waals surface area contributed by atoms with Gasteiger partial charge >= 0.3 is 0 Å². The van der Waals surface area contributed by atoms with Gasteiger partial charge in [-0.25, -0.2) is 8.42 Å². The van der Waals surface area contributed by atoms with E-state index in [0.29, 0.717) is 31.1 Å². The first-order valence-electron chi connectivity index (χ1n) is 9.42. The highest BCUT2D eigenvalue weighted by atomic mass is 32.2. The van der Waals surface area contributed by atoms with Crippen molar-refractivity contribution < 1.29 is 13.2 Å². The van der Waals surface area contributed by atoms with Gasteiger partial charge in [0.15, 0.2) is 0 Å². The smallest absolute Gasteiger partial charge is 0.251 e. The van der Waals surface area contributed by atoms with E-state index in [1.807, 2.05) is 18.2 Å². The topological polar surface area (TPSA) is 66.5 Å². The van der Waals surface area contributed by atoms with E-state index in [-0.39, 0.29) is 10.8 Å². The summed E-state index contributed by atoms with van der Waals surface area (Å²) in [4.78, 5) is 12.6. The molecule has 0 bridgehead atoms. The summed E-state index contributed by atoms with van der Waals surface area (Å²) in [6.07, 6.45) is 2.65. The largest absolute Gasteiger partial charge is 0.352 e. The minimum absolute atomic E-state index is 0.180. The van der Waals surface area contributed by atoms with E-state index >= 15 is 0 Å². The van der Waals surface area contributed by atoms with Gasteiger partial charge in [-0.1, -0.05) is 37.3 Å². The van der Waals surface area contributed by atoms with Crippen LogP contribution in [0.4, 0.5) is 0 Å². The second-order valence-electron chi connectivity index (χ2n) is 6.99. The number of carbonyl (C=O) groups excluding carboxylic acids is 1. The fraction of sp³-hybridized carbons (Fsp3) is 0.381. The molecule has 6 heteroatoms. The molecule has 0 aliphatic carbocycles. The maximum absolute atomic E-state index is 12.5. The molecule has 1 fully saturated rings. The summed E-state index contributed by atoms with van der Waals surface area (Å²) < 4.78 is 26.6. The van der Waals surface area contributed by atoms with Gasteiger partial charge in [-0.05, 0) is 55.0 Å². The molecule has 1 aliphatic rings. The summed E-state index contributed by atoms with van der Waals surface area (Å²) in [7, 11) is -3.44. The fourth-order valence-corrected chi connectivity index (χ4v) is 4.83. The summed E-state index contributed by atoms with van der Waals surface area (Å²) in [5.41, 5.74) is 1.73. The van der Waals surface area contributed by atoms with Gasteiger partial charge in [-0.15, -0.1) is 0 Å². The Bertz CT molecular complexity index is 858. The monoisotopic (exact) mass is 386 g/mol. The summed E-state index contributed by atoms with van der Waals surface area (Å²) in [5, 5.41) is 2.91. The Morgan fingerprint density at radius 1 is 1.04 bits per heavy atom. The minimum Gasteiger partial charge on any atom is -0.352 e. The van der Waals surface area contributed by atoms with Gasteiger partial charge in [-0.3, -0.25) is 4.79 Å².